The summed E-state index contributed by atoms with van der Waals surface area (Å²) >= 11 is 0. The van der Waals surface area contributed by atoms with Crippen LogP contribution in [-0.4, -0.2) is 10.2 Å². The summed E-state index contributed by atoms with van der Waals surface area (Å²) in [7, 11) is 0. The standard InChI is InChI=1S/2C13H12O.2C5H5.Zr/c2*1-10-6-2-3-7-11(10)12-8-4-5-9-13(12)14;2*1-2-4-5-3-1;/h2*2-9,14H,1H3;2*1-3H,4H2;/q;;2*-1;+2. The molecule has 0 saturated carbocycles. The Morgan fingerprint density at radius 3 is 1.08 bits per heavy atom. The fraction of sp³-hybridized carbons (Fsp3) is 0.111. The Bertz CT molecular complexity index is 1200. The number of rotatable bonds is 2. The van der Waals surface area contributed by atoms with Crippen molar-refractivity contribution in [1.29, 1.82) is 0 Å². The third-order valence-corrected chi connectivity index (χ3v) is 5.85. The van der Waals surface area contributed by atoms with Crippen LogP contribution in [0, 0.1) is 26.0 Å². The van der Waals surface area contributed by atoms with E-state index >= 15 is 0 Å². The maximum Gasteiger partial charge on any atom is 2.00 e. The van der Waals surface area contributed by atoms with E-state index in [1.807, 2.05) is 123 Å². The van der Waals surface area contributed by atoms with E-state index in [9.17, 15) is 10.2 Å². The summed E-state index contributed by atoms with van der Waals surface area (Å²) < 4.78 is 0. The van der Waals surface area contributed by atoms with Gasteiger partial charge in [-0.2, -0.15) is 12.2 Å². The zero-order chi connectivity index (χ0) is 27.0. The third kappa shape index (κ3) is 10.5. The molecule has 0 heterocycles. The van der Waals surface area contributed by atoms with Crippen molar-refractivity contribution in [2.75, 3.05) is 0 Å². The van der Waals surface area contributed by atoms with Crippen LogP contribution in [-0.2, 0) is 26.2 Å². The fourth-order valence-corrected chi connectivity index (χ4v) is 3.83. The second-order valence-electron chi connectivity index (χ2n) is 8.67. The predicted octanol–water partition coefficient (Wildman–Crippen LogP) is 9.34. The summed E-state index contributed by atoms with van der Waals surface area (Å²) in [5, 5.41) is 19.4. The summed E-state index contributed by atoms with van der Waals surface area (Å²) in [5.41, 5.74) is 6.32. The van der Waals surface area contributed by atoms with E-state index in [4.69, 9.17) is 0 Å². The average molecular weight is 590 g/mol. The molecule has 2 nitrogen and oxygen atoms in total. The first kappa shape index (κ1) is 31.5. The van der Waals surface area contributed by atoms with Gasteiger partial charge in [0.05, 0.1) is 0 Å². The third-order valence-electron chi connectivity index (χ3n) is 5.85. The summed E-state index contributed by atoms with van der Waals surface area (Å²) in [6, 6.07) is 30.9. The van der Waals surface area contributed by atoms with Crippen molar-refractivity contribution in [1.82, 2.24) is 0 Å². The Hall–Kier alpha value is -3.68. The van der Waals surface area contributed by atoms with Crippen LogP contribution >= 0.6 is 0 Å². The molecule has 3 heteroatoms. The number of hydrogen-bond acceptors (Lipinski definition) is 2. The molecule has 0 saturated heterocycles. The number of aromatic hydroxyl groups is 2. The van der Waals surface area contributed by atoms with Gasteiger partial charge >= 0.3 is 26.2 Å². The average Bonchev–Trinajstić information content (AvgIpc) is 3.71. The van der Waals surface area contributed by atoms with E-state index in [2.05, 4.69) is 24.3 Å². The molecule has 39 heavy (non-hydrogen) atoms. The number of hydrogen-bond donors (Lipinski definition) is 2. The first-order valence-electron chi connectivity index (χ1n) is 12.7. The minimum atomic E-state index is 0. The Balaban J connectivity index is 0.000000199. The second-order valence-corrected chi connectivity index (χ2v) is 8.67. The van der Waals surface area contributed by atoms with Gasteiger partial charge in [0, 0.05) is 11.1 Å². The molecule has 0 spiro atoms. The van der Waals surface area contributed by atoms with Crippen LogP contribution in [0.15, 0.2) is 134 Å². The van der Waals surface area contributed by atoms with Gasteiger partial charge in [-0.25, -0.2) is 24.3 Å². The van der Waals surface area contributed by atoms with Crippen LogP contribution in [0.2, 0.25) is 0 Å². The van der Waals surface area contributed by atoms with Gasteiger partial charge in [0.2, 0.25) is 0 Å². The Morgan fingerprint density at radius 2 is 0.821 bits per heavy atom. The number of phenols is 2. The molecule has 0 radical (unpaired) electrons. The molecule has 0 fully saturated rings. The van der Waals surface area contributed by atoms with Crippen LogP contribution in [0.3, 0.4) is 0 Å². The van der Waals surface area contributed by atoms with E-state index < -0.39 is 0 Å². The van der Waals surface area contributed by atoms with Crippen molar-refractivity contribution >= 4 is 0 Å². The monoisotopic (exact) mass is 588 g/mol. The fourth-order valence-electron chi connectivity index (χ4n) is 3.83. The molecule has 2 N–H and O–H groups in total. The molecule has 0 atom stereocenters. The van der Waals surface area contributed by atoms with Gasteiger partial charge in [0.25, 0.3) is 0 Å². The van der Waals surface area contributed by atoms with Gasteiger partial charge in [0.15, 0.2) is 0 Å². The molecule has 2 aliphatic rings. The smallest absolute Gasteiger partial charge is 0.507 e. The predicted molar refractivity (Wildman–Crippen MR) is 160 cm³/mol. The first-order chi connectivity index (χ1) is 18.6. The molecule has 0 aromatic heterocycles. The minimum Gasteiger partial charge on any atom is -0.507 e. The maximum atomic E-state index is 9.69. The summed E-state index contributed by atoms with van der Waals surface area (Å²) in [4.78, 5) is 0. The minimum absolute atomic E-state index is 0. The van der Waals surface area contributed by atoms with Crippen molar-refractivity contribution in [2.24, 2.45) is 0 Å². The zero-order valence-electron chi connectivity index (χ0n) is 22.5. The Kier molecular flexibility index (Phi) is 14.4. The van der Waals surface area contributed by atoms with Crippen molar-refractivity contribution in [3.63, 3.8) is 0 Å². The number of phenolic OH excluding ortho intramolecular Hbond substituents is 2. The maximum absolute atomic E-state index is 9.69. The summed E-state index contributed by atoms with van der Waals surface area (Å²) in [6.45, 7) is 4.09. The van der Waals surface area contributed by atoms with E-state index in [1.165, 1.54) is 11.1 Å². The van der Waals surface area contributed by atoms with E-state index in [1.54, 1.807) is 12.1 Å². The first-order valence-corrected chi connectivity index (χ1v) is 12.7. The van der Waals surface area contributed by atoms with E-state index in [0.29, 0.717) is 11.5 Å². The SMILES string of the molecule is Cc1ccccc1-c1ccccc1O.Cc1ccccc1-c1ccccc1O.[C-]1=CC=CC1.[C-]1=CC=CC1.[Zr+2]. The second kappa shape index (κ2) is 17.8. The van der Waals surface area contributed by atoms with Crippen molar-refractivity contribution in [3.05, 3.63) is 157 Å². The van der Waals surface area contributed by atoms with Gasteiger partial charge in [0.1, 0.15) is 11.5 Å². The number of allylic oxidation sites excluding steroid dienone is 8. The van der Waals surface area contributed by atoms with E-state index in [0.717, 1.165) is 35.1 Å². The van der Waals surface area contributed by atoms with Gasteiger partial charge < -0.3 is 10.2 Å². The van der Waals surface area contributed by atoms with Crippen LogP contribution in [0.25, 0.3) is 22.3 Å². The van der Waals surface area contributed by atoms with Crippen molar-refractivity contribution in [3.8, 4) is 33.8 Å². The van der Waals surface area contributed by atoms with Crippen LogP contribution in [0.4, 0.5) is 0 Å². The van der Waals surface area contributed by atoms with Crippen molar-refractivity contribution in [2.45, 2.75) is 26.7 Å². The topological polar surface area (TPSA) is 40.5 Å². The number of para-hydroxylation sites is 2. The van der Waals surface area contributed by atoms with Crippen LogP contribution in [0.5, 0.6) is 11.5 Å². The molecule has 0 amide bonds. The van der Waals surface area contributed by atoms with Gasteiger partial charge in [-0.3, -0.25) is 12.2 Å². The number of aryl methyl sites for hydroxylation is 2. The molecule has 0 aliphatic heterocycles. The quantitative estimate of drug-likeness (QED) is 0.229. The van der Waals surface area contributed by atoms with Crippen molar-refractivity contribution < 1.29 is 36.4 Å². The van der Waals surface area contributed by atoms with Crippen LogP contribution in [0.1, 0.15) is 24.0 Å². The van der Waals surface area contributed by atoms with E-state index in [-0.39, 0.29) is 26.2 Å². The molecule has 0 unspecified atom stereocenters. The Morgan fingerprint density at radius 1 is 0.487 bits per heavy atom. The molecule has 194 valence electrons. The number of benzene rings is 4. The van der Waals surface area contributed by atoms with Gasteiger partial charge in [-0.1, -0.05) is 84.9 Å². The summed E-state index contributed by atoms with van der Waals surface area (Å²) in [6.07, 6.45) is 20.0. The molecule has 6 rings (SSSR count). The Labute approximate surface area is 252 Å². The molecular formula is C36H34O2Zr. The van der Waals surface area contributed by atoms with Gasteiger partial charge in [-0.15, -0.1) is 12.8 Å². The largest absolute Gasteiger partial charge is 2.00 e. The molecule has 4 aromatic carbocycles. The molecular weight excluding hydrogens is 556 g/mol. The molecule has 2 aliphatic carbocycles. The van der Waals surface area contributed by atoms with Crippen LogP contribution < -0.4 is 0 Å². The molecule has 0 bridgehead atoms. The molecule has 4 aromatic rings. The van der Waals surface area contributed by atoms with Gasteiger partial charge in [-0.05, 0) is 48.2 Å². The normalized spacial score (nSPS) is 11.7. The zero-order valence-corrected chi connectivity index (χ0v) is 25.0. The summed E-state index contributed by atoms with van der Waals surface area (Å²) in [5.74, 6) is 0.670.